The number of hydrogen-bond donors (Lipinski definition) is 3. The van der Waals surface area contributed by atoms with E-state index in [1.54, 1.807) is 24.3 Å². The number of carbonyl (C=O) groups is 3. The van der Waals surface area contributed by atoms with Crippen LogP contribution in [0.25, 0.3) is 11.1 Å². The standard InChI is InChI=1S/C30H30FN3O6S/c1-18-5-9-22(10-6-18)41(39,40)34-14-13-32-29(36)27(34)17-28(35)33-26-4-2-3-21-15-19(7-11-23(21)26)20-8-12-24(30(37)38)25(31)16-20/h5-12,15-16,26-27H,2-4,13-14,17H2,1H3,(H,32,36)(H,33,35)(H,37,38)/t26-,27+/m1/s1. The molecule has 0 saturated carbocycles. The van der Waals surface area contributed by atoms with Crippen LogP contribution in [0.1, 0.15) is 52.4 Å². The molecule has 0 aromatic heterocycles. The number of hydrogen-bond acceptors (Lipinski definition) is 5. The molecule has 0 unspecified atom stereocenters. The number of carboxylic acids is 1. The van der Waals surface area contributed by atoms with Gasteiger partial charge in [-0.2, -0.15) is 4.31 Å². The lowest BCUT2D eigenvalue weighted by molar-refractivity contribution is -0.132. The lowest BCUT2D eigenvalue weighted by Gasteiger charge is -2.34. The van der Waals surface area contributed by atoms with E-state index in [-0.39, 0.29) is 30.4 Å². The first kappa shape index (κ1) is 28.4. The fourth-order valence-electron chi connectivity index (χ4n) is 5.46. The third kappa shape index (κ3) is 5.86. The molecule has 0 spiro atoms. The Labute approximate surface area is 237 Å². The minimum absolute atomic E-state index is 0.0585. The first-order valence-corrected chi connectivity index (χ1v) is 14.8. The highest BCUT2D eigenvalue weighted by Gasteiger charge is 2.40. The molecule has 1 aliphatic carbocycles. The minimum Gasteiger partial charge on any atom is -0.478 e. The molecular weight excluding hydrogens is 549 g/mol. The number of halogens is 1. The molecule has 2 amide bonds. The van der Waals surface area contributed by atoms with E-state index in [0.29, 0.717) is 12.0 Å². The van der Waals surface area contributed by atoms with Crippen molar-refractivity contribution >= 4 is 27.8 Å². The quantitative estimate of drug-likeness (QED) is 0.392. The van der Waals surface area contributed by atoms with Gasteiger partial charge in [-0.3, -0.25) is 9.59 Å². The molecule has 1 aliphatic heterocycles. The molecule has 1 fully saturated rings. The van der Waals surface area contributed by atoms with Gasteiger partial charge in [0.05, 0.1) is 22.9 Å². The van der Waals surface area contributed by atoms with Gasteiger partial charge in [-0.05, 0) is 72.7 Å². The lowest BCUT2D eigenvalue weighted by atomic mass is 9.85. The number of rotatable bonds is 7. The Bertz CT molecular complexity index is 1620. The van der Waals surface area contributed by atoms with Crippen molar-refractivity contribution in [1.29, 1.82) is 0 Å². The van der Waals surface area contributed by atoms with Crippen LogP contribution >= 0.6 is 0 Å². The number of nitrogens with one attached hydrogen (secondary N) is 2. The predicted octanol–water partition coefficient (Wildman–Crippen LogP) is 3.57. The number of benzene rings is 3. The van der Waals surface area contributed by atoms with Gasteiger partial charge >= 0.3 is 5.97 Å². The first-order valence-electron chi connectivity index (χ1n) is 13.4. The van der Waals surface area contributed by atoms with Crippen molar-refractivity contribution in [1.82, 2.24) is 14.9 Å². The van der Waals surface area contributed by atoms with Crippen LogP contribution in [0.2, 0.25) is 0 Å². The van der Waals surface area contributed by atoms with Crippen molar-refractivity contribution < 1.29 is 32.3 Å². The normalized spacial score (nSPS) is 19.2. The highest BCUT2D eigenvalue weighted by atomic mass is 32.2. The van der Waals surface area contributed by atoms with Gasteiger partial charge in [0.2, 0.25) is 21.8 Å². The summed E-state index contributed by atoms with van der Waals surface area (Å²) >= 11 is 0. The van der Waals surface area contributed by atoms with Gasteiger partial charge < -0.3 is 15.7 Å². The molecule has 2 atom stereocenters. The summed E-state index contributed by atoms with van der Waals surface area (Å²) in [7, 11) is -4.00. The van der Waals surface area contributed by atoms with Gasteiger partial charge in [-0.15, -0.1) is 0 Å². The number of amides is 2. The number of fused-ring (bicyclic) bond motifs is 1. The van der Waals surface area contributed by atoms with Crippen molar-refractivity contribution in [3.05, 3.63) is 88.7 Å². The van der Waals surface area contributed by atoms with Gasteiger partial charge in [0.25, 0.3) is 0 Å². The van der Waals surface area contributed by atoms with Crippen molar-refractivity contribution in [2.75, 3.05) is 13.1 Å². The summed E-state index contributed by atoms with van der Waals surface area (Å²) in [4.78, 5) is 37.2. The molecule has 3 aromatic carbocycles. The molecule has 1 heterocycles. The zero-order valence-electron chi connectivity index (χ0n) is 22.4. The Morgan fingerprint density at radius 2 is 1.78 bits per heavy atom. The summed E-state index contributed by atoms with van der Waals surface area (Å²) in [5, 5.41) is 14.7. The summed E-state index contributed by atoms with van der Waals surface area (Å²) in [6.45, 7) is 2.06. The molecule has 0 bridgehead atoms. The molecule has 5 rings (SSSR count). The van der Waals surface area contributed by atoms with Gasteiger partial charge in [0, 0.05) is 13.1 Å². The van der Waals surface area contributed by atoms with Crippen LogP contribution in [-0.2, 0) is 26.0 Å². The summed E-state index contributed by atoms with van der Waals surface area (Å²) in [5.41, 5.74) is 3.64. The van der Waals surface area contributed by atoms with E-state index < -0.39 is 45.2 Å². The Morgan fingerprint density at radius 1 is 1.07 bits per heavy atom. The minimum atomic E-state index is -4.00. The van der Waals surface area contributed by atoms with E-state index in [1.165, 1.54) is 24.3 Å². The molecule has 214 valence electrons. The largest absolute Gasteiger partial charge is 0.478 e. The molecular formula is C30H30FN3O6S. The molecule has 3 N–H and O–H groups in total. The zero-order chi connectivity index (χ0) is 29.3. The molecule has 11 heteroatoms. The van der Waals surface area contributed by atoms with Gasteiger partial charge in [0.1, 0.15) is 11.9 Å². The molecule has 41 heavy (non-hydrogen) atoms. The second kappa shape index (κ2) is 11.4. The fourth-order valence-corrected chi connectivity index (χ4v) is 7.05. The van der Waals surface area contributed by atoms with Crippen LogP contribution in [0, 0.1) is 12.7 Å². The molecule has 0 radical (unpaired) electrons. The second-order valence-electron chi connectivity index (χ2n) is 10.4. The predicted molar refractivity (Wildman–Crippen MR) is 149 cm³/mol. The van der Waals surface area contributed by atoms with Crippen molar-refractivity contribution in [3.8, 4) is 11.1 Å². The number of aromatic carboxylic acids is 1. The number of carboxylic acid groups (broad SMARTS) is 1. The van der Waals surface area contributed by atoms with Crippen molar-refractivity contribution in [2.45, 2.75) is 49.6 Å². The average Bonchev–Trinajstić information content (AvgIpc) is 2.94. The number of sulfonamides is 1. The monoisotopic (exact) mass is 579 g/mol. The van der Waals surface area contributed by atoms with E-state index >= 15 is 0 Å². The maximum absolute atomic E-state index is 14.3. The Kier molecular flexibility index (Phi) is 7.92. The van der Waals surface area contributed by atoms with Crippen LogP contribution in [0.3, 0.4) is 0 Å². The van der Waals surface area contributed by atoms with Crippen LogP contribution in [0.4, 0.5) is 4.39 Å². The maximum atomic E-state index is 14.3. The average molecular weight is 580 g/mol. The molecule has 1 saturated heterocycles. The summed E-state index contributed by atoms with van der Waals surface area (Å²) in [6.07, 6.45) is 1.88. The lowest BCUT2D eigenvalue weighted by Crippen LogP contribution is -2.58. The highest BCUT2D eigenvalue weighted by Crippen LogP contribution is 2.34. The maximum Gasteiger partial charge on any atom is 0.338 e. The first-order chi connectivity index (χ1) is 19.5. The Morgan fingerprint density at radius 3 is 2.49 bits per heavy atom. The summed E-state index contributed by atoms with van der Waals surface area (Å²) in [6, 6.07) is 14.4. The molecule has 3 aromatic rings. The number of piperazine rings is 1. The highest BCUT2D eigenvalue weighted by molar-refractivity contribution is 7.89. The Balaban J connectivity index is 1.33. The SMILES string of the molecule is Cc1ccc(S(=O)(=O)N2CCNC(=O)[C@@H]2CC(=O)N[C@@H]2CCCc3cc(-c4ccc(C(=O)O)c(F)c4)ccc32)cc1. The van der Waals surface area contributed by atoms with Gasteiger partial charge in [0.15, 0.2) is 0 Å². The summed E-state index contributed by atoms with van der Waals surface area (Å²) < 4.78 is 42.1. The fraction of sp³-hybridized carbons (Fsp3) is 0.300. The molecule has 2 aliphatic rings. The second-order valence-corrected chi connectivity index (χ2v) is 12.3. The van der Waals surface area contributed by atoms with Crippen molar-refractivity contribution in [2.24, 2.45) is 0 Å². The number of aryl methyl sites for hydroxylation is 2. The van der Waals surface area contributed by atoms with Gasteiger partial charge in [-0.25, -0.2) is 17.6 Å². The Hall–Kier alpha value is -4.09. The number of nitrogens with zero attached hydrogens (tertiary/aromatic N) is 1. The summed E-state index contributed by atoms with van der Waals surface area (Å²) in [5.74, 6) is -3.11. The topological polar surface area (TPSA) is 133 Å². The third-order valence-corrected chi connectivity index (χ3v) is 9.54. The van der Waals surface area contributed by atoms with Crippen LogP contribution < -0.4 is 10.6 Å². The van der Waals surface area contributed by atoms with E-state index in [2.05, 4.69) is 10.6 Å². The third-order valence-electron chi connectivity index (χ3n) is 7.61. The smallest absolute Gasteiger partial charge is 0.338 e. The van der Waals surface area contributed by atoms with E-state index in [0.717, 1.165) is 39.4 Å². The zero-order valence-corrected chi connectivity index (χ0v) is 23.2. The van der Waals surface area contributed by atoms with Crippen LogP contribution in [0.5, 0.6) is 0 Å². The van der Waals surface area contributed by atoms with E-state index in [1.807, 2.05) is 19.1 Å². The van der Waals surface area contributed by atoms with E-state index in [4.69, 9.17) is 5.11 Å². The number of carbonyl (C=O) groups excluding carboxylic acids is 2. The van der Waals surface area contributed by atoms with Crippen molar-refractivity contribution in [3.63, 3.8) is 0 Å². The van der Waals surface area contributed by atoms with Gasteiger partial charge in [-0.1, -0.05) is 42.0 Å². The van der Waals surface area contributed by atoms with Crippen LogP contribution in [-0.4, -0.2) is 54.7 Å². The van der Waals surface area contributed by atoms with E-state index in [9.17, 15) is 27.2 Å². The molecule has 9 nitrogen and oxygen atoms in total. The van der Waals surface area contributed by atoms with Crippen LogP contribution in [0.15, 0.2) is 65.6 Å².